The summed E-state index contributed by atoms with van der Waals surface area (Å²) >= 11 is 0. The van der Waals surface area contributed by atoms with Crippen LogP contribution < -0.4 is 15.2 Å². The number of aromatic carboxylic acids is 2. The van der Waals surface area contributed by atoms with Gasteiger partial charge >= 0.3 is 29.4 Å². The number of benzene rings is 1. The fourth-order valence-corrected chi connectivity index (χ4v) is 0.970. The number of nitrogens with one attached hydrogen (secondary N) is 1. The van der Waals surface area contributed by atoms with Crippen LogP contribution in [0.15, 0.2) is 47.5 Å². The van der Waals surface area contributed by atoms with Gasteiger partial charge in [-0.3, -0.25) is 0 Å². The van der Waals surface area contributed by atoms with Gasteiger partial charge in [-0.25, -0.2) is 0 Å². The van der Waals surface area contributed by atoms with Gasteiger partial charge in [0.2, 0.25) is 6.20 Å². The number of aromatic amines is 1. The van der Waals surface area contributed by atoms with Gasteiger partial charge in [0.15, 0.2) is 6.26 Å². The zero-order valence-electron chi connectivity index (χ0n) is 9.74. The molecule has 0 unspecified atom stereocenters. The quantitative estimate of drug-likeness (QED) is 0.578. The van der Waals surface area contributed by atoms with E-state index in [1.807, 2.05) is 0 Å². The van der Waals surface area contributed by atoms with Crippen molar-refractivity contribution in [2.75, 3.05) is 0 Å². The molecule has 2 rings (SSSR count). The molecule has 2 aromatic rings. The summed E-state index contributed by atoms with van der Waals surface area (Å²) in [6.07, 6.45) is 4.78. The number of H-pyrrole nitrogens is 1. The number of aromatic nitrogens is 1. The van der Waals surface area contributed by atoms with Gasteiger partial charge in [0.1, 0.15) is 0 Å². The molecule has 7 nitrogen and oxygen atoms in total. The van der Waals surface area contributed by atoms with E-state index in [9.17, 15) is 19.8 Å². The first-order chi connectivity index (χ1) is 8.11. The van der Waals surface area contributed by atoms with Crippen LogP contribution in [-0.4, -0.2) is 40.5 Å². The van der Waals surface area contributed by atoms with Crippen molar-refractivity contribution in [3.8, 4) is 0 Å². The Hall–Kier alpha value is -1.90. The van der Waals surface area contributed by atoms with Crippen LogP contribution in [0.25, 0.3) is 0 Å². The Bertz CT molecular complexity index is 453. The number of hydrogen-bond donors (Lipinski definition) is 0. The molecule has 96 valence electrons. The Morgan fingerprint density at radius 3 is 1.89 bits per heavy atom. The third kappa shape index (κ3) is 7.19. The van der Waals surface area contributed by atoms with Crippen LogP contribution in [-0.2, 0) is 0 Å². The van der Waals surface area contributed by atoms with Gasteiger partial charge < -0.3 is 29.7 Å². The summed E-state index contributed by atoms with van der Waals surface area (Å²) < 4.78 is 4.53. The van der Waals surface area contributed by atoms with Crippen molar-refractivity contribution in [2.45, 2.75) is 0 Å². The normalized spacial score (nSPS) is 8.00. The third-order valence-corrected chi connectivity index (χ3v) is 1.71. The molecule has 0 radical (unpaired) electrons. The van der Waals surface area contributed by atoms with E-state index in [0.717, 1.165) is 6.07 Å². The molecule has 1 heterocycles. The summed E-state index contributed by atoms with van der Waals surface area (Å²) in [5.41, 5.74) is -0.339. The summed E-state index contributed by atoms with van der Waals surface area (Å²) in [5, 5.41) is 20.5. The van der Waals surface area contributed by atoms with Gasteiger partial charge in [-0.05, 0) is 17.2 Å². The SMILES string of the molecule is O=C([O-])c1cccc(C(=O)[O-])c1.[Mg+2].[OH-].c1coc[nH+]1. The molecule has 0 aliphatic heterocycles. The largest absolute Gasteiger partial charge is 2.00 e. The van der Waals surface area contributed by atoms with Crippen molar-refractivity contribution in [3.63, 3.8) is 0 Å². The van der Waals surface area contributed by atoms with E-state index >= 15 is 0 Å². The second-order valence-electron chi connectivity index (χ2n) is 2.88. The molecular formula is C11H9MgNO6. The van der Waals surface area contributed by atoms with Gasteiger partial charge in [-0.15, -0.1) is 0 Å². The molecule has 0 saturated heterocycles. The van der Waals surface area contributed by atoms with Crippen molar-refractivity contribution in [1.82, 2.24) is 0 Å². The van der Waals surface area contributed by atoms with Crippen LogP contribution in [0.3, 0.4) is 0 Å². The molecule has 0 bridgehead atoms. The predicted molar refractivity (Wildman–Crippen MR) is 58.1 cm³/mol. The second-order valence-corrected chi connectivity index (χ2v) is 2.88. The standard InChI is InChI=1S/C8H6O4.C3H3NO.Mg.H2O/c9-7(10)5-2-1-3-6(4-5)8(11)12;1-2-5-3-4-1;;/h1-4H,(H,9,10)(H,11,12);1-3H;;1H2/q;;+2;/p-2. The molecule has 0 atom stereocenters. The van der Waals surface area contributed by atoms with E-state index in [-0.39, 0.29) is 39.7 Å². The molecule has 19 heavy (non-hydrogen) atoms. The fourth-order valence-electron chi connectivity index (χ4n) is 0.970. The molecule has 8 heteroatoms. The maximum absolute atomic E-state index is 10.3. The molecule has 0 aliphatic rings. The fraction of sp³-hybridized carbons (Fsp3) is 0. The minimum absolute atomic E-state index is 0. The number of hydrogen-bond acceptors (Lipinski definition) is 6. The van der Waals surface area contributed by atoms with Crippen LogP contribution in [0, 0.1) is 0 Å². The van der Waals surface area contributed by atoms with Crippen molar-refractivity contribution < 1.29 is 34.7 Å². The monoisotopic (exact) mass is 275 g/mol. The molecule has 1 aromatic heterocycles. The zero-order chi connectivity index (χ0) is 12.7. The van der Waals surface area contributed by atoms with Crippen LogP contribution in [0.5, 0.6) is 0 Å². The van der Waals surface area contributed by atoms with Crippen LogP contribution in [0.2, 0.25) is 0 Å². The average molecular weight is 275 g/mol. The number of carbonyl (C=O) groups excluding carboxylic acids is 2. The number of carboxylic acids is 2. The van der Waals surface area contributed by atoms with Crippen LogP contribution in [0.1, 0.15) is 20.7 Å². The van der Waals surface area contributed by atoms with Gasteiger partial charge in [-0.2, -0.15) is 4.98 Å². The van der Waals surface area contributed by atoms with E-state index in [1.165, 1.54) is 24.6 Å². The number of oxazole rings is 1. The number of carboxylic acid groups (broad SMARTS) is 2. The maximum atomic E-state index is 10.3. The van der Waals surface area contributed by atoms with E-state index in [1.54, 1.807) is 12.5 Å². The Morgan fingerprint density at radius 2 is 1.63 bits per heavy atom. The summed E-state index contributed by atoms with van der Waals surface area (Å²) in [5.74, 6) is -2.81. The summed E-state index contributed by atoms with van der Waals surface area (Å²) in [6.45, 7) is 0. The Balaban J connectivity index is 0. The molecule has 0 amide bonds. The third-order valence-electron chi connectivity index (χ3n) is 1.71. The molecule has 0 spiro atoms. The van der Waals surface area contributed by atoms with Gasteiger partial charge in [-0.1, -0.05) is 18.2 Å². The Morgan fingerprint density at radius 1 is 1.11 bits per heavy atom. The minimum atomic E-state index is -1.40. The average Bonchev–Trinajstić information content (AvgIpc) is 2.87. The molecule has 2 N–H and O–H groups in total. The van der Waals surface area contributed by atoms with Crippen molar-refractivity contribution in [1.29, 1.82) is 0 Å². The zero-order valence-corrected chi connectivity index (χ0v) is 11.2. The topological polar surface area (TPSA) is 138 Å². The summed E-state index contributed by atoms with van der Waals surface area (Å²) in [4.78, 5) is 23.2. The number of carbonyl (C=O) groups is 2. The minimum Gasteiger partial charge on any atom is -0.870 e. The first-order valence-electron chi connectivity index (χ1n) is 4.52. The predicted octanol–water partition coefficient (Wildman–Crippen LogP) is -2.05. The van der Waals surface area contributed by atoms with E-state index in [4.69, 9.17) is 0 Å². The maximum Gasteiger partial charge on any atom is 2.00 e. The smallest absolute Gasteiger partial charge is 0.870 e. The summed E-state index contributed by atoms with van der Waals surface area (Å²) in [7, 11) is 0. The van der Waals surface area contributed by atoms with Crippen LogP contribution in [0.4, 0.5) is 0 Å². The molecule has 1 aromatic carbocycles. The van der Waals surface area contributed by atoms with E-state index in [0.29, 0.717) is 0 Å². The molecular weight excluding hydrogens is 266 g/mol. The van der Waals surface area contributed by atoms with Crippen LogP contribution >= 0.6 is 0 Å². The van der Waals surface area contributed by atoms with Gasteiger partial charge in [0.25, 0.3) is 0 Å². The molecule has 0 fully saturated rings. The summed E-state index contributed by atoms with van der Waals surface area (Å²) in [6, 6.07) is 4.81. The van der Waals surface area contributed by atoms with E-state index < -0.39 is 11.9 Å². The van der Waals surface area contributed by atoms with Gasteiger partial charge in [0, 0.05) is 0 Å². The Labute approximate surface area is 124 Å². The van der Waals surface area contributed by atoms with Crippen molar-refractivity contribution in [3.05, 3.63) is 54.2 Å². The number of rotatable bonds is 2. The molecule has 0 saturated carbocycles. The first-order valence-corrected chi connectivity index (χ1v) is 4.52. The van der Waals surface area contributed by atoms with E-state index in [2.05, 4.69) is 9.40 Å². The first kappa shape index (κ1) is 19.4. The molecule has 0 aliphatic carbocycles. The second kappa shape index (κ2) is 10.1. The van der Waals surface area contributed by atoms with Gasteiger partial charge in [0.05, 0.1) is 11.9 Å². The van der Waals surface area contributed by atoms with Crippen molar-refractivity contribution in [2.24, 2.45) is 0 Å². The van der Waals surface area contributed by atoms with Crippen molar-refractivity contribution >= 4 is 35.0 Å². The Kier molecular flexibility index (Phi) is 10.3.